The molecule has 0 aromatic heterocycles. The SMILES string of the molecule is CC1(C)CCC(CC(O)(O[P+](=O)[O-])O[P+](=O)[O-])CC1.[Na+].[Na+]. The first-order valence-electron chi connectivity index (χ1n) is 6.01. The molecule has 0 saturated heterocycles. The molecular formula is C10H18Na2O7P2+2. The molecule has 2 unspecified atom stereocenters. The van der Waals surface area contributed by atoms with E-state index in [1.807, 2.05) is 0 Å². The molecular weight excluding hydrogens is 340 g/mol. The third-order valence-corrected chi connectivity index (χ3v) is 4.31. The molecule has 0 spiro atoms. The molecule has 1 aliphatic rings. The molecule has 0 bridgehead atoms. The van der Waals surface area contributed by atoms with E-state index in [-0.39, 0.29) is 76.9 Å². The second-order valence-corrected chi connectivity index (χ2v) is 6.91. The van der Waals surface area contributed by atoms with Crippen LogP contribution in [0, 0.1) is 11.3 Å². The van der Waals surface area contributed by atoms with Gasteiger partial charge >= 0.3 is 81.6 Å². The summed E-state index contributed by atoms with van der Waals surface area (Å²) in [6.07, 6.45) is 3.16. The van der Waals surface area contributed by atoms with Crippen LogP contribution in [0.5, 0.6) is 0 Å². The van der Waals surface area contributed by atoms with Crippen LogP contribution in [-0.2, 0) is 18.2 Å². The molecule has 7 nitrogen and oxygen atoms in total. The van der Waals surface area contributed by atoms with Crippen LogP contribution in [0.3, 0.4) is 0 Å². The van der Waals surface area contributed by atoms with Gasteiger partial charge in [0.2, 0.25) is 0 Å². The average Bonchev–Trinajstić information content (AvgIpc) is 2.18. The molecule has 1 saturated carbocycles. The van der Waals surface area contributed by atoms with Gasteiger partial charge in [0.05, 0.1) is 0 Å². The maximum atomic E-state index is 10.5. The third-order valence-electron chi connectivity index (χ3n) is 3.44. The van der Waals surface area contributed by atoms with Crippen LogP contribution in [0.15, 0.2) is 0 Å². The summed E-state index contributed by atoms with van der Waals surface area (Å²) in [6.45, 7) is 4.26. The van der Waals surface area contributed by atoms with E-state index >= 15 is 0 Å². The van der Waals surface area contributed by atoms with Crippen molar-refractivity contribution in [2.24, 2.45) is 11.3 Å². The Kier molecular flexibility index (Phi) is 13.0. The van der Waals surface area contributed by atoms with Crippen LogP contribution in [0.25, 0.3) is 0 Å². The summed E-state index contributed by atoms with van der Waals surface area (Å²) < 4.78 is 29.5. The zero-order valence-corrected chi connectivity index (χ0v) is 18.7. The van der Waals surface area contributed by atoms with Gasteiger partial charge in [0, 0.05) is 6.42 Å². The van der Waals surface area contributed by atoms with Gasteiger partial charge in [0.1, 0.15) is 0 Å². The standard InChI is InChI=1S/C10H18O7P2.2Na/c1-9(2)5-3-8(4-6-9)7-10(11,16-18(12)13)17-19(14)15;;/h8,11H,3-7H2,1-2H3;;/q;2*+1. The molecule has 2 atom stereocenters. The third kappa shape index (κ3) is 10.5. The number of rotatable bonds is 6. The van der Waals surface area contributed by atoms with Crippen LogP contribution >= 0.6 is 16.5 Å². The zero-order chi connectivity index (χ0) is 14.7. The van der Waals surface area contributed by atoms with Crippen LogP contribution in [-0.4, -0.2) is 11.1 Å². The molecule has 1 N–H and O–H groups in total. The molecule has 1 fully saturated rings. The van der Waals surface area contributed by atoms with Crippen molar-refractivity contribution < 1.29 is 92.2 Å². The zero-order valence-electron chi connectivity index (χ0n) is 12.9. The minimum atomic E-state index is -3.41. The second kappa shape index (κ2) is 10.8. The number of aliphatic hydroxyl groups is 1. The Balaban J connectivity index is 0. The second-order valence-electron chi connectivity index (χ2n) is 5.65. The molecule has 0 amide bonds. The van der Waals surface area contributed by atoms with Crippen LogP contribution in [0.2, 0.25) is 0 Å². The van der Waals surface area contributed by atoms with Crippen molar-refractivity contribution in [3.63, 3.8) is 0 Å². The van der Waals surface area contributed by atoms with Gasteiger partial charge in [-0.15, -0.1) is 0 Å². The molecule has 0 aromatic rings. The molecule has 110 valence electrons. The Labute approximate surface area is 170 Å². The Bertz CT molecular complexity index is 341. The van der Waals surface area contributed by atoms with Gasteiger partial charge in [-0.25, -0.2) is 0 Å². The number of hydrogen-bond donors (Lipinski definition) is 1. The summed E-state index contributed by atoms with van der Waals surface area (Å²) in [5, 5.41) is 9.82. The average molecular weight is 358 g/mol. The summed E-state index contributed by atoms with van der Waals surface area (Å²) >= 11 is 0. The normalized spacial score (nSPS) is 22.3. The smallest absolute Gasteiger partial charge is 0.566 e. The maximum Gasteiger partial charge on any atom is 1.00 e. The van der Waals surface area contributed by atoms with Gasteiger partial charge in [-0.2, -0.15) is 0 Å². The summed E-state index contributed by atoms with van der Waals surface area (Å²) in [5.74, 6) is -2.65. The van der Waals surface area contributed by atoms with E-state index in [9.17, 15) is 24.0 Å². The van der Waals surface area contributed by atoms with E-state index in [2.05, 4.69) is 22.9 Å². The van der Waals surface area contributed by atoms with Crippen molar-refractivity contribution in [3.05, 3.63) is 0 Å². The molecule has 21 heavy (non-hydrogen) atoms. The Morgan fingerprint density at radius 1 is 1.14 bits per heavy atom. The first-order chi connectivity index (χ1) is 8.62. The van der Waals surface area contributed by atoms with Gasteiger partial charge in [-0.1, -0.05) is 22.9 Å². The topological polar surface area (TPSA) is 119 Å². The molecule has 1 aliphatic carbocycles. The minimum Gasteiger partial charge on any atom is -0.566 e. The number of hydrogen-bond acceptors (Lipinski definition) is 7. The van der Waals surface area contributed by atoms with Crippen LogP contribution in [0.4, 0.5) is 0 Å². The minimum absolute atomic E-state index is 0. The van der Waals surface area contributed by atoms with Crippen molar-refractivity contribution in [2.75, 3.05) is 0 Å². The Morgan fingerprint density at radius 2 is 1.52 bits per heavy atom. The predicted molar refractivity (Wildman–Crippen MR) is 62.7 cm³/mol. The first-order valence-corrected chi connectivity index (χ1v) is 8.20. The van der Waals surface area contributed by atoms with Crippen LogP contribution in [0.1, 0.15) is 46.0 Å². The molecule has 0 aliphatic heterocycles. The largest absolute Gasteiger partial charge is 1.00 e. The van der Waals surface area contributed by atoms with Crippen molar-refractivity contribution in [3.8, 4) is 0 Å². The molecule has 0 heterocycles. The molecule has 0 radical (unpaired) electrons. The molecule has 1 rings (SSSR count). The fourth-order valence-electron chi connectivity index (χ4n) is 2.35. The molecule has 11 heteroatoms. The fraction of sp³-hybridized carbons (Fsp3) is 1.00. The summed E-state index contributed by atoms with van der Waals surface area (Å²) in [4.78, 5) is 21.0. The van der Waals surface area contributed by atoms with Crippen molar-refractivity contribution in [2.45, 2.75) is 51.9 Å². The Hall–Kier alpha value is 2.00. The molecule has 0 aromatic carbocycles. The van der Waals surface area contributed by atoms with E-state index in [4.69, 9.17) is 0 Å². The van der Waals surface area contributed by atoms with E-state index in [0.717, 1.165) is 25.7 Å². The van der Waals surface area contributed by atoms with Crippen molar-refractivity contribution >= 4 is 16.5 Å². The van der Waals surface area contributed by atoms with Crippen LogP contribution < -0.4 is 68.9 Å². The van der Waals surface area contributed by atoms with E-state index in [0.29, 0.717) is 0 Å². The summed E-state index contributed by atoms with van der Waals surface area (Å²) in [6, 6.07) is 0. The quantitative estimate of drug-likeness (QED) is 0.288. The van der Waals surface area contributed by atoms with Gasteiger partial charge in [0.15, 0.2) is 0 Å². The summed E-state index contributed by atoms with van der Waals surface area (Å²) in [7, 11) is -6.81. The summed E-state index contributed by atoms with van der Waals surface area (Å²) in [5.41, 5.74) is 0.212. The van der Waals surface area contributed by atoms with Crippen molar-refractivity contribution in [1.82, 2.24) is 0 Å². The Morgan fingerprint density at radius 3 is 1.86 bits per heavy atom. The fourth-order valence-corrected chi connectivity index (χ4v) is 3.10. The first kappa shape index (κ1) is 25.2. The van der Waals surface area contributed by atoms with E-state index in [1.54, 1.807) is 0 Å². The maximum absolute atomic E-state index is 10.5. The van der Waals surface area contributed by atoms with Gasteiger partial charge < -0.3 is 14.9 Å². The monoisotopic (exact) mass is 358 g/mol. The van der Waals surface area contributed by atoms with E-state index < -0.39 is 22.5 Å². The van der Waals surface area contributed by atoms with Gasteiger partial charge in [0.25, 0.3) is 0 Å². The van der Waals surface area contributed by atoms with E-state index in [1.165, 1.54) is 0 Å². The van der Waals surface area contributed by atoms with Gasteiger partial charge in [-0.05, 0) is 46.1 Å². The van der Waals surface area contributed by atoms with Gasteiger partial charge in [-0.3, -0.25) is 0 Å². The van der Waals surface area contributed by atoms with Crippen molar-refractivity contribution in [1.29, 1.82) is 0 Å². The predicted octanol–water partition coefficient (Wildman–Crippen LogP) is -4.68.